The average Bonchev–Trinajstić information content (AvgIpc) is 3.10. The van der Waals surface area contributed by atoms with Crippen LogP contribution in [0.1, 0.15) is 24.1 Å². The van der Waals surface area contributed by atoms with Gasteiger partial charge in [-0.15, -0.1) is 0 Å². The van der Waals surface area contributed by atoms with E-state index in [1.165, 1.54) is 0 Å². The van der Waals surface area contributed by atoms with Gasteiger partial charge < -0.3 is 9.80 Å². The maximum absolute atomic E-state index is 12.5. The molecule has 7 nitrogen and oxygen atoms in total. The standard InChI is InChI=1S/C18H24N6OS/c1-22(2)16-5-7-19-18(20-16)23-8-3-4-14(23)11-24-17(25)10-13-12-26-9-6-15(13)21-24/h5,7,10,14H,3-4,6,8-9,11-12H2,1-2H3. The number of aryl methyl sites for hydroxylation is 1. The zero-order valence-corrected chi connectivity index (χ0v) is 16.1. The largest absolute Gasteiger partial charge is 0.363 e. The second-order valence-corrected chi connectivity index (χ2v) is 8.14. The fraction of sp³-hybridized carbons (Fsp3) is 0.556. The first kappa shape index (κ1) is 17.3. The zero-order chi connectivity index (χ0) is 18.1. The van der Waals surface area contributed by atoms with Gasteiger partial charge in [-0.25, -0.2) is 9.67 Å². The highest BCUT2D eigenvalue weighted by Gasteiger charge is 2.28. The lowest BCUT2D eigenvalue weighted by Gasteiger charge is -2.26. The number of hydrogen-bond acceptors (Lipinski definition) is 7. The van der Waals surface area contributed by atoms with Crippen LogP contribution >= 0.6 is 11.8 Å². The SMILES string of the molecule is CN(C)c1ccnc(N2CCCC2Cn2nc3c(cc2=O)CSCC3)n1. The number of aromatic nitrogens is 4. The van der Waals surface area contributed by atoms with Crippen LogP contribution in [0, 0.1) is 0 Å². The van der Waals surface area contributed by atoms with Gasteiger partial charge in [0.15, 0.2) is 0 Å². The van der Waals surface area contributed by atoms with E-state index >= 15 is 0 Å². The molecule has 0 aromatic carbocycles. The molecule has 26 heavy (non-hydrogen) atoms. The summed E-state index contributed by atoms with van der Waals surface area (Å²) in [7, 11) is 3.95. The van der Waals surface area contributed by atoms with E-state index in [0.29, 0.717) is 6.54 Å². The van der Waals surface area contributed by atoms with Gasteiger partial charge in [0.05, 0.1) is 18.3 Å². The Balaban J connectivity index is 1.58. The van der Waals surface area contributed by atoms with Gasteiger partial charge in [-0.2, -0.15) is 21.8 Å². The zero-order valence-electron chi connectivity index (χ0n) is 15.3. The molecular weight excluding hydrogens is 348 g/mol. The molecule has 1 saturated heterocycles. The van der Waals surface area contributed by atoms with Crippen molar-refractivity contribution < 1.29 is 0 Å². The number of nitrogens with zero attached hydrogens (tertiary/aromatic N) is 6. The molecule has 0 N–H and O–H groups in total. The van der Waals surface area contributed by atoms with Crippen LogP contribution in [0.2, 0.25) is 0 Å². The Morgan fingerprint density at radius 3 is 3.12 bits per heavy atom. The number of fused-ring (bicyclic) bond motifs is 1. The first-order valence-corrected chi connectivity index (χ1v) is 10.2. The van der Waals surface area contributed by atoms with Crippen LogP contribution in [0.5, 0.6) is 0 Å². The molecule has 1 unspecified atom stereocenters. The molecule has 0 amide bonds. The Labute approximate surface area is 157 Å². The van der Waals surface area contributed by atoms with Crippen LogP contribution in [0.4, 0.5) is 11.8 Å². The van der Waals surface area contributed by atoms with Crippen molar-refractivity contribution in [2.45, 2.75) is 37.6 Å². The number of hydrogen-bond donors (Lipinski definition) is 0. The second-order valence-electron chi connectivity index (χ2n) is 7.04. The van der Waals surface area contributed by atoms with E-state index in [-0.39, 0.29) is 11.6 Å². The number of thioether (sulfide) groups is 1. The molecule has 138 valence electrons. The summed E-state index contributed by atoms with van der Waals surface area (Å²) in [5.41, 5.74) is 2.19. The molecule has 0 saturated carbocycles. The van der Waals surface area contributed by atoms with Gasteiger partial charge in [-0.05, 0) is 30.2 Å². The summed E-state index contributed by atoms with van der Waals surface area (Å²) in [5, 5.41) is 4.67. The number of anilines is 2. The second kappa shape index (κ2) is 7.26. The van der Waals surface area contributed by atoms with Gasteiger partial charge in [0, 0.05) is 45.1 Å². The molecule has 0 spiro atoms. The molecule has 2 aliphatic heterocycles. The van der Waals surface area contributed by atoms with E-state index in [9.17, 15) is 4.79 Å². The minimum Gasteiger partial charge on any atom is -0.363 e. The third-order valence-electron chi connectivity index (χ3n) is 5.01. The Morgan fingerprint density at radius 1 is 1.38 bits per heavy atom. The first-order valence-electron chi connectivity index (χ1n) is 9.06. The van der Waals surface area contributed by atoms with E-state index in [0.717, 1.165) is 60.3 Å². The van der Waals surface area contributed by atoms with Crippen molar-refractivity contribution in [1.29, 1.82) is 0 Å². The molecule has 1 fully saturated rings. The van der Waals surface area contributed by atoms with Gasteiger partial charge >= 0.3 is 0 Å². The average molecular weight is 372 g/mol. The van der Waals surface area contributed by atoms with E-state index in [1.54, 1.807) is 16.9 Å². The van der Waals surface area contributed by atoms with Crippen LogP contribution in [-0.2, 0) is 18.7 Å². The van der Waals surface area contributed by atoms with Gasteiger partial charge in [-0.1, -0.05) is 0 Å². The topological polar surface area (TPSA) is 67.2 Å². The molecule has 0 radical (unpaired) electrons. The van der Waals surface area contributed by atoms with Crippen molar-refractivity contribution in [1.82, 2.24) is 19.7 Å². The quantitative estimate of drug-likeness (QED) is 0.807. The van der Waals surface area contributed by atoms with E-state index in [2.05, 4.69) is 20.0 Å². The van der Waals surface area contributed by atoms with Crippen LogP contribution < -0.4 is 15.4 Å². The summed E-state index contributed by atoms with van der Waals surface area (Å²) in [6.07, 6.45) is 4.85. The summed E-state index contributed by atoms with van der Waals surface area (Å²) in [5.74, 6) is 3.61. The Kier molecular flexibility index (Phi) is 4.84. The molecule has 4 heterocycles. The van der Waals surface area contributed by atoms with E-state index in [4.69, 9.17) is 0 Å². The molecule has 4 rings (SSSR count). The van der Waals surface area contributed by atoms with Gasteiger partial charge in [0.1, 0.15) is 5.82 Å². The highest BCUT2D eigenvalue weighted by atomic mass is 32.2. The first-order chi connectivity index (χ1) is 12.6. The summed E-state index contributed by atoms with van der Waals surface area (Å²) >= 11 is 1.87. The van der Waals surface area contributed by atoms with Crippen molar-refractivity contribution in [3.8, 4) is 0 Å². The Bertz CT molecular complexity index is 852. The van der Waals surface area contributed by atoms with Crippen molar-refractivity contribution >= 4 is 23.5 Å². The highest BCUT2D eigenvalue weighted by Crippen LogP contribution is 2.25. The molecular formula is C18H24N6OS. The monoisotopic (exact) mass is 372 g/mol. The molecule has 0 aliphatic carbocycles. The third-order valence-corrected chi connectivity index (χ3v) is 6.02. The van der Waals surface area contributed by atoms with Crippen LogP contribution in [0.3, 0.4) is 0 Å². The third kappa shape index (κ3) is 3.42. The fourth-order valence-corrected chi connectivity index (χ4v) is 4.55. The van der Waals surface area contributed by atoms with Crippen molar-refractivity contribution in [2.24, 2.45) is 0 Å². The molecule has 2 aromatic rings. The van der Waals surface area contributed by atoms with Gasteiger partial charge in [0.2, 0.25) is 5.95 Å². The molecule has 8 heteroatoms. The summed E-state index contributed by atoms with van der Waals surface area (Å²) in [4.78, 5) is 25.8. The lowest BCUT2D eigenvalue weighted by atomic mass is 10.2. The number of rotatable bonds is 4. The normalized spacial score (nSPS) is 19.5. The Hall–Kier alpha value is -2.09. The Morgan fingerprint density at radius 2 is 2.27 bits per heavy atom. The van der Waals surface area contributed by atoms with Crippen molar-refractivity contribution in [2.75, 3.05) is 36.2 Å². The molecule has 2 aliphatic rings. The summed E-state index contributed by atoms with van der Waals surface area (Å²) in [6, 6.07) is 3.88. The predicted molar refractivity (Wildman–Crippen MR) is 105 cm³/mol. The van der Waals surface area contributed by atoms with Crippen LogP contribution in [-0.4, -0.2) is 52.2 Å². The lowest BCUT2D eigenvalue weighted by Crippen LogP contribution is -2.38. The minimum absolute atomic E-state index is 0.000982. The minimum atomic E-state index is 0.000982. The molecule has 1 atom stereocenters. The van der Waals surface area contributed by atoms with Crippen molar-refractivity contribution in [3.63, 3.8) is 0 Å². The molecule has 0 bridgehead atoms. The maximum atomic E-state index is 12.5. The fourth-order valence-electron chi connectivity index (χ4n) is 3.60. The van der Waals surface area contributed by atoms with E-state index in [1.807, 2.05) is 36.8 Å². The maximum Gasteiger partial charge on any atom is 0.267 e. The van der Waals surface area contributed by atoms with E-state index < -0.39 is 0 Å². The van der Waals surface area contributed by atoms with Gasteiger partial charge in [-0.3, -0.25) is 4.79 Å². The summed E-state index contributed by atoms with van der Waals surface area (Å²) < 4.78 is 1.65. The molecule has 2 aromatic heterocycles. The van der Waals surface area contributed by atoms with Crippen molar-refractivity contribution in [3.05, 3.63) is 39.9 Å². The summed E-state index contributed by atoms with van der Waals surface area (Å²) in [6.45, 7) is 1.51. The van der Waals surface area contributed by atoms with Crippen LogP contribution in [0.15, 0.2) is 23.1 Å². The smallest absolute Gasteiger partial charge is 0.267 e. The lowest BCUT2D eigenvalue weighted by molar-refractivity contribution is 0.478. The predicted octanol–water partition coefficient (Wildman–Crippen LogP) is 1.56. The highest BCUT2D eigenvalue weighted by molar-refractivity contribution is 7.98. The van der Waals surface area contributed by atoms with Gasteiger partial charge in [0.25, 0.3) is 5.56 Å². The van der Waals surface area contributed by atoms with Crippen LogP contribution in [0.25, 0.3) is 0 Å².